The van der Waals surface area contributed by atoms with E-state index in [0.717, 1.165) is 18.1 Å². The monoisotopic (exact) mass is 399 g/mol. The normalized spacial score (nSPS) is 12.6. The van der Waals surface area contributed by atoms with Crippen molar-refractivity contribution >= 4 is 11.3 Å². The minimum Gasteiger partial charge on any atom is -0.491 e. The maximum absolute atomic E-state index is 10.6. The van der Waals surface area contributed by atoms with Crippen LogP contribution in [-0.4, -0.2) is 29.3 Å². The molecule has 1 atom stereocenters. The van der Waals surface area contributed by atoms with Gasteiger partial charge in [-0.05, 0) is 59.7 Å². The number of benzene rings is 1. The molecule has 3 rings (SSSR count). The molecule has 0 radical (unpaired) electrons. The Morgan fingerprint density at radius 1 is 1.11 bits per heavy atom. The van der Waals surface area contributed by atoms with Gasteiger partial charge in [-0.25, -0.2) is 0 Å². The highest BCUT2D eigenvalue weighted by Crippen LogP contribution is 2.21. The van der Waals surface area contributed by atoms with Crippen molar-refractivity contribution in [2.24, 2.45) is 0 Å². The minimum absolute atomic E-state index is 0.263. The van der Waals surface area contributed by atoms with E-state index in [0.29, 0.717) is 19.0 Å². The Labute approximate surface area is 171 Å². The molecular weight excluding hydrogens is 370 g/mol. The van der Waals surface area contributed by atoms with Crippen LogP contribution in [0, 0.1) is 6.92 Å². The third-order valence-corrected chi connectivity index (χ3v) is 5.76. The number of thiophene rings is 1. The summed E-state index contributed by atoms with van der Waals surface area (Å²) in [6.07, 6.45) is 1.10. The largest absolute Gasteiger partial charge is 0.491 e. The Balaban J connectivity index is 1.56. The van der Waals surface area contributed by atoms with Crippen molar-refractivity contribution in [2.75, 3.05) is 13.2 Å². The molecule has 0 saturated carbocycles. The second-order valence-corrected chi connectivity index (χ2v) is 8.47. The van der Waals surface area contributed by atoms with Crippen LogP contribution in [0.15, 0.2) is 58.5 Å². The minimum atomic E-state index is -0.583. The molecule has 2 heterocycles. The smallest absolute Gasteiger partial charge is 0.119 e. The van der Waals surface area contributed by atoms with E-state index >= 15 is 0 Å². The van der Waals surface area contributed by atoms with E-state index in [9.17, 15) is 5.11 Å². The summed E-state index contributed by atoms with van der Waals surface area (Å²) >= 11 is 1.75. The van der Waals surface area contributed by atoms with Crippen molar-refractivity contribution in [3.05, 3.63) is 75.9 Å². The van der Waals surface area contributed by atoms with Gasteiger partial charge in [0.1, 0.15) is 24.2 Å². The van der Waals surface area contributed by atoms with Crippen LogP contribution in [0.2, 0.25) is 0 Å². The molecule has 1 aromatic carbocycles. The van der Waals surface area contributed by atoms with Crippen LogP contribution in [0.1, 0.15) is 41.5 Å². The predicted octanol–water partition coefficient (Wildman–Crippen LogP) is 5.22. The fraction of sp³-hybridized carbons (Fsp3) is 0.391. The fourth-order valence-corrected chi connectivity index (χ4v) is 4.02. The van der Waals surface area contributed by atoms with E-state index in [-0.39, 0.29) is 6.61 Å². The first kappa shape index (κ1) is 20.6. The van der Waals surface area contributed by atoms with Crippen molar-refractivity contribution in [1.29, 1.82) is 0 Å². The number of rotatable bonds is 10. The molecule has 0 aliphatic heterocycles. The number of aliphatic hydroxyl groups excluding tert-OH is 1. The quantitative estimate of drug-likeness (QED) is 0.508. The van der Waals surface area contributed by atoms with Crippen LogP contribution < -0.4 is 4.74 Å². The van der Waals surface area contributed by atoms with Gasteiger partial charge < -0.3 is 14.3 Å². The van der Waals surface area contributed by atoms with E-state index in [4.69, 9.17) is 9.15 Å². The number of ether oxygens (including phenoxy) is 1. The zero-order chi connectivity index (χ0) is 19.9. The van der Waals surface area contributed by atoms with E-state index < -0.39 is 6.10 Å². The lowest BCUT2D eigenvalue weighted by atomic mass is 10.0. The summed E-state index contributed by atoms with van der Waals surface area (Å²) in [7, 11) is 0. The van der Waals surface area contributed by atoms with Gasteiger partial charge in [-0.15, -0.1) is 11.3 Å². The highest BCUT2D eigenvalue weighted by Gasteiger charge is 2.16. The SMILES string of the molecule is Cc1ccsc1CN(Cc1ccco1)CC(O)COc1ccc(C(C)C)cc1. The zero-order valence-corrected chi connectivity index (χ0v) is 17.6. The van der Waals surface area contributed by atoms with Crippen molar-refractivity contribution in [3.63, 3.8) is 0 Å². The van der Waals surface area contributed by atoms with Crippen LogP contribution in [0.3, 0.4) is 0 Å². The number of aryl methyl sites for hydroxylation is 1. The lowest BCUT2D eigenvalue weighted by molar-refractivity contribution is 0.0607. The molecule has 0 saturated heterocycles. The first-order valence-corrected chi connectivity index (χ1v) is 10.6. The van der Waals surface area contributed by atoms with Crippen LogP contribution in [0.4, 0.5) is 0 Å². The third-order valence-electron chi connectivity index (χ3n) is 4.75. The number of hydrogen-bond donors (Lipinski definition) is 1. The van der Waals surface area contributed by atoms with Gasteiger partial charge in [0.05, 0.1) is 12.8 Å². The number of hydrogen-bond acceptors (Lipinski definition) is 5. The molecule has 0 bridgehead atoms. The predicted molar refractivity (Wildman–Crippen MR) is 114 cm³/mol. The Kier molecular flexibility index (Phi) is 7.31. The summed E-state index contributed by atoms with van der Waals surface area (Å²) in [4.78, 5) is 3.51. The highest BCUT2D eigenvalue weighted by atomic mass is 32.1. The summed E-state index contributed by atoms with van der Waals surface area (Å²) in [6, 6.07) is 14.1. The second kappa shape index (κ2) is 9.92. The first-order valence-electron chi connectivity index (χ1n) is 9.70. The lowest BCUT2D eigenvalue weighted by Crippen LogP contribution is -2.35. The van der Waals surface area contributed by atoms with Gasteiger partial charge >= 0.3 is 0 Å². The van der Waals surface area contributed by atoms with Gasteiger partial charge in [-0.3, -0.25) is 4.90 Å². The van der Waals surface area contributed by atoms with Crippen LogP contribution >= 0.6 is 11.3 Å². The van der Waals surface area contributed by atoms with Gasteiger partial charge in [-0.2, -0.15) is 0 Å². The van der Waals surface area contributed by atoms with Gasteiger partial charge in [0, 0.05) is 18.0 Å². The Morgan fingerprint density at radius 3 is 2.50 bits per heavy atom. The molecule has 28 heavy (non-hydrogen) atoms. The Hall–Kier alpha value is -2.08. The highest BCUT2D eigenvalue weighted by molar-refractivity contribution is 7.10. The van der Waals surface area contributed by atoms with Crippen molar-refractivity contribution in [2.45, 2.75) is 45.9 Å². The molecule has 5 heteroatoms. The second-order valence-electron chi connectivity index (χ2n) is 7.46. The average molecular weight is 400 g/mol. The molecule has 4 nitrogen and oxygen atoms in total. The van der Waals surface area contributed by atoms with Crippen molar-refractivity contribution in [3.8, 4) is 5.75 Å². The summed E-state index contributed by atoms with van der Waals surface area (Å²) in [5, 5.41) is 12.7. The Bertz CT molecular complexity index is 824. The molecule has 150 valence electrons. The summed E-state index contributed by atoms with van der Waals surface area (Å²) < 4.78 is 11.3. The van der Waals surface area contributed by atoms with Gasteiger partial charge in [0.15, 0.2) is 0 Å². The molecular formula is C23H29NO3S. The number of furan rings is 1. The molecule has 0 spiro atoms. The van der Waals surface area contributed by atoms with Crippen LogP contribution in [0.25, 0.3) is 0 Å². The molecule has 3 aromatic rings. The summed E-state index contributed by atoms with van der Waals surface area (Å²) in [6.45, 7) is 8.68. The van der Waals surface area contributed by atoms with E-state index in [1.54, 1.807) is 17.6 Å². The Morgan fingerprint density at radius 2 is 1.89 bits per heavy atom. The summed E-state index contributed by atoms with van der Waals surface area (Å²) in [5.41, 5.74) is 2.56. The zero-order valence-electron chi connectivity index (χ0n) is 16.8. The van der Waals surface area contributed by atoms with Crippen molar-refractivity contribution in [1.82, 2.24) is 4.90 Å². The average Bonchev–Trinajstić information content (AvgIpc) is 3.32. The first-order chi connectivity index (χ1) is 13.5. The standard InChI is InChI=1S/C23H29NO3S/c1-17(2)19-6-8-21(9-7-19)27-16-20(25)13-24(14-22-5-4-11-26-22)15-23-18(3)10-12-28-23/h4-12,17,20,25H,13-16H2,1-3H3. The number of nitrogens with zero attached hydrogens (tertiary/aromatic N) is 1. The van der Waals surface area contributed by atoms with Gasteiger partial charge in [0.2, 0.25) is 0 Å². The molecule has 1 N–H and O–H groups in total. The third kappa shape index (κ3) is 5.96. The molecule has 1 unspecified atom stereocenters. The summed E-state index contributed by atoms with van der Waals surface area (Å²) in [5.74, 6) is 2.18. The van der Waals surface area contributed by atoms with Gasteiger partial charge in [-0.1, -0.05) is 26.0 Å². The van der Waals surface area contributed by atoms with E-state index in [2.05, 4.69) is 49.3 Å². The lowest BCUT2D eigenvalue weighted by Gasteiger charge is -2.24. The number of aliphatic hydroxyl groups is 1. The maximum Gasteiger partial charge on any atom is 0.119 e. The topological polar surface area (TPSA) is 45.8 Å². The molecule has 2 aromatic heterocycles. The molecule has 0 aliphatic carbocycles. The maximum atomic E-state index is 10.6. The van der Waals surface area contributed by atoms with Gasteiger partial charge in [0.25, 0.3) is 0 Å². The molecule has 0 amide bonds. The van der Waals surface area contributed by atoms with E-state index in [1.165, 1.54) is 16.0 Å². The van der Waals surface area contributed by atoms with Crippen LogP contribution in [0.5, 0.6) is 5.75 Å². The van der Waals surface area contributed by atoms with Crippen molar-refractivity contribution < 1.29 is 14.3 Å². The molecule has 0 fully saturated rings. The van der Waals surface area contributed by atoms with Crippen LogP contribution in [-0.2, 0) is 13.1 Å². The van der Waals surface area contributed by atoms with E-state index in [1.807, 2.05) is 24.3 Å². The fourth-order valence-electron chi connectivity index (χ4n) is 3.07. The molecule has 0 aliphatic rings.